The van der Waals surface area contributed by atoms with Crippen LogP contribution in [0.5, 0.6) is 0 Å². The van der Waals surface area contributed by atoms with Gasteiger partial charge in [-0.25, -0.2) is 14.3 Å². The summed E-state index contributed by atoms with van der Waals surface area (Å²) in [6.07, 6.45) is 0. The van der Waals surface area contributed by atoms with Gasteiger partial charge in [0.05, 0.1) is 18.2 Å². The number of nitrogen functional groups attached to an aromatic ring is 3. The van der Waals surface area contributed by atoms with Crippen LogP contribution in [0.2, 0.25) is 0 Å². The number of aromatic nitrogens is 4. The van der Waals surface area contributed by atoms with E-state index in [-0.39, 0.29) is 39.9 Å². The number of hydrogen-bond donors (Lipinski definition) is 5. The van der Waals surface area contributed by atoms with Gasteiger partial charge in [0.25, 0.3) is 17.0 Å². The summed E-state index contributed by atoms with van der Waals surface area (Å²) in [4.78, 5) is 68.2. The van der Waals surface area contributed by atoms with Crippen molar-refractivity contribution in [3.05, 3.63) is 22.3 Å². The Kier molecular flexibility index (Phi) is 8.78. The molecule has 0 aromatic carbocycles. The zero-order chi connectivity index (χ0) is 30.9. The molecule has 17 nitrogen and oxygen atoms in total. The van der Waals surface area contributed by atoms with Gasteiger partial charge in [-0.1, -0.05) is 26.9 Å². The number of nitrogens with zero attached hydrogens (tertiary/aromatic N) is 6. The van der Waals surface area contributed by atoms with Crippen molar-refractivity contribution in [2.75, 3.05) is 28.7 Å². The number of β-lactam (4-membered cyclic amide) rings is 1. The van der Waals surface area contributed by atoms with E-state index in [0.29, 0.717) is 17.3 Å². The van der Waals surface area contributed by atoms with Crippen molar-refractivity contribution in [1.29, 1.82) is 0 Å². The lowest BCUT2D eigenvalue weighted by molar-refractivity contribution is -0.722. The van der Waals surface area contributed by atoms with Gasteiger partial charge >= 0.3 is 17.9 Å². The zero-order valence-electron chi connectivity index (χ0n) is 22.4. The summed E-state index contributed by atoms with van der Waals surface area (Å²) in [6, 6.07) is -1.12. The maximum absolute atomic E-state index is 13.2. The summed E-state index contributed by atoms with van der Waals surface area (Å²) >= 11 is 3.42. The Labute approximate surface area is 250 Å². The number of amides is 2. The van der Waals surface area contributed by atoms with Crippen molar-refractivity contribution in [3.8, 4) is 0 Å². The lowest BCUT2D eigenvalue weighted by Crippen LogP contribution is -2.71. The lowest BCUT2D eigenvalue weighted by Gasteiger charge is -2.50. The van der Waals surface area contributed by atoms with Gasteiger partial charge in [-0.05, 0) is 26.3 Å². The minimum atomic E-state index is -1.78. The Bertz CT molecular complexity index is 1530. The van der Waals surface area contributed by atoms with Gasteiger partial charge in [0.1, 0.15) is 17.1 Å². The van der Waals surface area contributed by atoms with Gasteiger partial charge in [-0.2, -0.15) is 0 Å². The second kappa shape index (κ2) is 12.0. The molecule has 0 spiro atoms. The lowest BCUT2D eigenvalue weighted by atomic mass is 10.0. The van der Waals surface area contributed by atoms with Crippen LogP contribution in [0.4, 0.5) is 17.0 Å². The molecular formula is C22H26N10O7S3. The predicted molar refractivity (Wildman–Crippen MR) is 150 cm³/mol. The first-order valence-electron chi connectivity index (χ1n) is 12.1. The first-order chi connectivity index (χ1) is 19.7. The molecule has 1 fully saturated rings. The van der Waals surface area contributed by atoms with Crippen LogP contribution < -0.4 is 32.2 Å². The van der Waals surface area contributed by atoms with Crippen molar-refractivity contribution in [1.82, 2.24) is 25.2 Å². The third-order valence-corrected chi connectivity index (χ3v) is 9.10. The third kappa shape index (κ3) is 6.04. The average molecular weight is 639 g/mol. The number of rotatable bonds is 11. The topological polar surface area (TPSA) is 269 Å². The van der Waals surface area contributed by atoms with E-state index in [0.717, 1.165) is 16.2 Å². The number of carboxylic acids is 2. The number of fused-ring (bicyclic) bond motifs is 1. The highest BCUT2D eigenvalue weighted by atomic mass is 32.2. The number of carboxylic acid groups (broad SMARTS) is 2. The average Bonchev–Trinajstić information content (AvgIpc) is 3.35. The summed E-state index contributed by atoms with van der Waals surface area (Å²) in [7, 11) is 0. The van der Waals surface area contributed by atoms with E-state index in [4.69, 9.17) is 22.0 Å². The van der Waals surface area contributed by atoms with Gasteiger partial charge < -0.3 is 42.4 Å². The Morgan fingerprint density at radius 1 is 1.31 bits per heavy atom. The van der Waals surface area contributed by atoms with Crippen molar-refractivity contribution in [2.45, 2.75) is 49.5 Å². The van der Waals surface area contributed by atoms with Crippen LogP contribution in [0, 0.1) is 0 Å². The van der Waals surface area contributed by atoms with Crippen LogP contribution in [0.25, 0.3) is 0 Å². The molecule has 0 aliphatic carbocycles. The maximum Gasteiger partial charge on any atom is 0.350 e. The number of thioether (sulfide) groups is 2. The summed E-state index contributed by atoms with van der Waals surface area (Å²) in [6.45, 7) is 4.74. The molecule has 0 saturated carbocycles. The minimum Gasteiger partial charge on any atom is -0.543 e. The zero-order valence-corrected chi connectivity index (χ0v) is 24.8. The molecule has 2 aromatic heterocycles. The molecule has 4 heterocycles. The van der Waals surface area contributed by atoms with E-state index < -0.39 is 46.5 Å². The largest absolute Gasteiger partial charge is 0.543 e. The molecule has 20 heteroatoms. The first kappa shape index (κ1) is 30.8. The SMILES string of the molecule is CC[n+]1c(N)nc(N)nc1SCC1=C(C(=O)[O-])N2C(=O)C(NC(=O)/C(=N\OC(C)(C)C(=O)O)c3csc(N)n3)[C@H]2SC1. The normalized spacial score (nSPS) is 18.8. The number of carbonyl (C=O) groups is 4. The second-order valence-electron chi connectivity index (χ2n) is 9.27. The number of anilines is 3. The van der Waals surface area contributed by atoms with Crippen LogP contribution in [0.3, 0.4) is 0 Å². The molecule has 0 bridgehead atoms. The van der Waals surface area contributed by atoms with E-state index in [1.54, 1.807) is 4.57 Å². The highest BCUT2D eigenvalue weighted by molar-refractivity contribution is 8.01. The number of carbonyl (C=O) groups excluding carboxylic acids is 3. The Morgan fingerprint density at radius 2 is 2.02 bits per heavy atom. The number of aliphatic carboxylic acids is 2. The number of oxime groups is 1. The molecule has 2 aromatic rings. The number of nitrogens with two attached hydrogens (primary N) is 3. The van der Waals surface area contributed by atoms with Crippen LogP contribution in [0.1, 0.15) is 26.5 Å². The van der Waals surface area contributed by atoms with Gasteiger partial charge in [-0.15, -0.1) is 23.1 Å². The van der Waals surface area contributed by atoms with E-state index in [9.17, 15) is 29.4 Å². The van der Waals surface area contributed by atoms with Crippen molar-refractivity contribution in [2.24, 2.45) is 5.16 Å². The molecule has 2 atom stereocenters. The molecule has 1 saturated heterocycles. The van der Waals surface area contributed by atoms with Gasteiger partial charge in [0, 0.05) is 16.9 Å². The molecule has 42 heavy (non-hydrogen) atoms. The van der Waals surface area contributed by atoms with Crippen LogP contribution in [0.15, 0.2) is 27.0 Å². The molecular weight excluding hydrogens is 613 g/mol. The van der Waals surface area contributed by atoms with Gasteiger partial charge in [-0.3, -0.25) is 14.5 Å². The third-order valence-electron chi connectivity index (χ3n) is 6.03. The standard InChI is InChI=1S/C22H26N10O7S3/c1-4-31-19(24)28-18(23)29-21(31)42-6-8-5-40-15-11(14(34)32(15)12(8)16(35)36)27-13(33)10(9-7-41-20(25)26-9)30-39-22(2,3)17(37)38/h7,11,15H,4-6H2,1-3H3,(H8,23,24,25,26,27,28,33,35,36,37,38)/b30-10-/t11?,15-/m1/s1. The van der Waals surface area contributed by atoms with Crippen LogP contribution >= 0.6 is 34.9 Å². The number of nitrogens with one attached hydrogen (secondary N) is 1. The summed E-state index contributed by atoms with van der Waals surface area (Å²) in [5.41, 5.74) is 15.2. The molecule has 8 N–H and O–H groups in total. The summed E-state index contributed by atoms with van der Waals surface area (Å²) in [5.74, 6) is -4.02. The Balaban J connectivity index is 1.54. The fraction of sp³-hybridized carbons (Fsp3) is 0.409. The fourth-order valence-electron chi connectivity index (χ4n) is 3.81. The Morgan fingerprint density at radius 3 is 2.62 bits per heavy atom. The van der Waals surface area contributed by atoms with Crippen molar-refractivity contribution >= 4 is 81.4 Å². The van der Waals surface area contributed by atoms with Crippen LogP contribution in [-0.2, 0) is 30.6 Å². The van der Waals surface area contributed by atoms with E-state index in [1.165, 1.54) is 42.8 Å². The van der Waals surface area contributed by atoms with Gasteiger partial charge in [0.2, 0.25) is 5.60 Å². The molecule has 0 radical (unpaired) electrons. The molecule has 2 amide bonds. The van der Waals surface area contributed by atoms with Gasteiger partial charge in [0.15, 0.2) is 10.8 Å². The predicted octanol–water partition coefficient (Wildman–Crippen LogP) is -2.23. The van der Waals surface area contributed by atoms with E-state index in [2.05, 4.69) is 25.4 Å². The van der Waals surface area contributed by atoms with E-state index in [1.807, 2.05) is 6.92 Å². The molecule has 224 valence electrons. The monoisotopic (exact) mass is 638 g/mol. The minimum absolute atomic E-state index is 0.000981. The molecule has 2 aliphatic heterocycles. The molecule has 4 rings (SSSR count). The quantitative estimate of drug-likeness (QED) is 0.0573. The van der Waals surface area contributed by atoms with E-state index >= 15 is 0 Å². The first-order valence-corrected chi connectivity index (χ1v) is 15.0. The maximum atomic E-state index is 13.2. The smallest absolute Gasteiger partial charge is 0.350 e. The second-order valence-corrected chi connectivity index (χ2v) is 12.2. The highest BCUT2D eigenvalue weighted by Crippen LogP contribution is 2.41. The highest BCUT2D eigenvalue weighted by Gasteiger charge is 2.53. The van der Waals surface area contributed by atoms with Crippen molar-refractivity contribution < 1.29 is 38.8 Å². The van der Waals surface area contributed by atoms with Crippen LogP contribution in [-0.4, -0.2) is 82.9 Å². The molecule has 1 unspecified atom stereocenters. The Hall–Kier alpha value is -4.17. The van der Waals surface area contributed by atoms with Crippen molar-refractivity contribution in [3.63, 3.8) is 0 Å². The summed E-state index contributed by atoms with van der Waals surface area (Å²) < 4.78 is 1.61. The number of hydrogen-bond acceptors (Lipinski definition) is 16. The number of thiazole rings is 1. The molecule has 2 aliphatic rings. The summed E-state index contributed by atoms with van der Waals surface area (Å²) in [5, 5.41) is 28.9. The fourth-order valence-corrected chi connectivity index (χ4v) is 6.91.